The molecule has 3 rings (SSSR count). The first-order valence-corrected chi connectivity index (χ1v) is 8.03. The lowest BCUT2D eigenvalue weighted by atomic mass is 10.0. The molecule has 0 bridgehead atoms. The molecule has 0 aliphatic rings. The van der Waals surface area contributed by atoms with Gasteiger partial charge in [0.2, 0.25) is 5.78 Å². The van der Waals surface area contributed by atoms with Gasteiger partial charge in [0, 0.05) is 11.8 Å². The summed E-state index contributed by atoms with van der Waals surface area (Å²) in [7, 11) is 0. The van der Waals surface area contributed by atoms with E-state index in [1.807, 2.05) is 32.0 Å². The minimum atomic E-state index is -4.78. The molecule has 3 aromatic rings. The van der Waals surface area contributed by atoms with Gasteiger partial charge in [-0.2, -0.15) is 0 Å². The summed E-state index contributed by atoms with van der Waals surface area (Å²) in [6, 6.07) is 11.9. The van der Waals surface area contributed by atoms with Gasteiger partial charge in [-0.05, 0) is 73.5 Å². The van der Waals surface area contributed by atoms with Crippen LogP contribution in [-0.4, -0.2) is 22.1 Å². The average Bonchev–Trinajstić information content (AvgIpc) is 2.60. The number of rotatable bonds is 4. The third-order valence-corrected chi connectivity index (χ3v) is 3.73. The van der Waals surface area contributed by atoms with E-state index < -0.39 is 12.1 Å². The van der Waals surface area contributed by atoms with Gasteiger partial charge in [0.25, 0.3) is 0 Å². The molecule has 0 spiro atoms. The van der Waals surface area contributed by atoms with Crippen LogP contribution in [0.3, 0.4) is 0 Å². The Kier molecular flexibility index (Phi) is 4.94. The lowest BCUT2D eigenvalue weighted by Crippen LogP contribution is -2.17. The fraction of sp³-hybridized carbons (Fsp3) is 0.150. The van der Waals surface area contributed by atoms with Gasteiger partial charge in [-0.3, -0.25) is 9.78 Å². The largest absolute Gasteiger partial charge is 0.573 e. The Balaban J connectivity index is 1.91. The van der Waals surface area contributed by atoms with Crippen molar-refractivity contribution in [3.8, 4) is 17.1 Å². The van der Waals surface area contributed by atoms with E-state index in [-0.39, 0.29) is 17.0 Å². The lowest BCUT2D eigenvalue weighted by Gasteiger charge is -2.09. The van der Waals surface area contributed by atoms with Gasteiger partial charge in [0.1, 0.15) is 11.4 Å². The molecule has 0 N–H and O–H groups in total. The monoisotopic (exact) mass is 372 g/mol. The molecule has 1 aromatic carbocycles. The molecule has 0 unspecified atom stereocenters. The van der Waals surface area contributed by atoms with E-state index in [2.05, 4.69) is 14.7 Å². The summed E-state index contributed by atoms with van der Waals surface area (Å²) >= 11 is 0. The van der Waals surface area contributed by atoms with Crippen LogP contribution in [0.5, 0.6) is 5.75 Å². The highest BCUT2D eigenvalue weighted by molar-refractivity contribution is 6.08. The number of alkyl halides is 3. The van der Waals surface area contributed by atoms with Crippen molar-refractivity contribution in [1.82, 2.24) is 9.97 Å². The maximum Gasteiger partial charge on any atom is 0.573 e. The van der Waals surface area contributed by atoms with Gasteiger partial charge in [-0.15, -0.1) is 13.2 Å². The normalized spacial score (nSPS) is 11.3. The van der Waals surface area contributed by atoms with Gasteiger partial charge < -0.3 is 4.74 Å². The van der Waals surface area contributed by atoms with Gasteiger partial charge in [0.05, 0.1) is 11.4 Å². The third kappa shape index (κ3) is 4.69. The predicted molar refractivity (Wildman–Crippen MR) is 93.5 cm³/mol. The standard InChI is InChI=1S/C20H15F3N2O2/c1-12-7-8-24-16(9-12)17-10-13(2)11-18(25-17)19(26)14-3-5-15(6-4-14)27-20(21,22)23/h3-11H,1-2H3. The maximum atomic E-state index is 12.7. The van der Waals surface area contributed by atoms with Crippen molar-refractivity contribution in [2.24, 2.45) is 0 Å². The molecule has 0 saturated heterocycles. The average molecular weight is 372 g/mol. The molecule has 0 fully saturated rings. The first-order valence-electron chi connectivity index (χ1n) is 8.03. The van der Waals surface area contributed by atoms with E-state index in [1.54, 1.807) is 12.3 Å². The molecule has 2 heterocycles. The van der Waals surface area contributed by atoms with E-state index in [9.17, 15) is 18.0 Å². The van der Waals surface area contributed by atoms with Crippen LogP contribution < -0.4 is 4.74 Å². The van der Waals surface area contributed by atoms with E-state index in [0.717, 1.165) is 23.3 Å². The van der Waals surface area contributed by atoms with Crippen LogP contribution in [-0.2, 0) is 0 Å². The number of halogens is 3. The summed E-state index contributed by atoms with van der Waals surface area (Å²) in [5.41, 5.74) is 3.43. The maximum absolute atomic E-state index is 12.7. The number of aryl methyl sites for hydroxylation is 2. The van der Waals surface area contributed by atoms with E-state index in [1.165, 1.54) is 12.1 Å². The topological polar surface area (TPSA) is 52.1 Å². The zero-order chi connectivity index (χ0) is 19.6. The number of carbonyl (C=O) groups excluding carboxylic acids is 1. The van der Waals surface area contributed by atoms with Crippen LogP contribution in [0.1, 0.15) is 27.2 Å². The number of nitrogens with zero attached hydrogens (tertiary/aromatic N) is 2. The number of ether oxygens (including phenoxy) is 1. The Morgan fingerprint density at radius 2 is 1.59 bits per heavy atom. The van der Waals surface area contributed by atoms with Crippen molar-refractivity contribution < 1.29 is 22.7 Å². The van der Waals surface area contributed by atoms with Crippen molar-refractivity contribution in [1.29, 1.82) is 0 Å². The second-order valence-electron chi connectivity index (χ2n) is 6.03. The van der Waals surface area contributed by atoms with Crippen LogP contribution in [0.2, 0.25) is 0 Å². The number of aromatic nitrogens is 2. The van der Waals surface area contributed by atoms with Crippen LogP contribution in [0.15, 0.2) is 54.7 Å². The Bertz CT molecular complexity index is 983. The molecule has 0 amide bonds. The molecule has 0 atom stereocenters. The molecule has 0 radical (unpaired) electrons. The van der Waals surface area contributed by atoms with Crippen molar-refractivity contribution in [3.05, 3.63) is 77.1 Å². The third-order valence-electron chi connectivity index (χ3n) is 3.73. The molecular weight excluding hydrogens is 357 g/mol. The van der Waals surface area contributed by atoms with Crippen LogP contribution in [0.4, 0.5) is 13.2 Å². The van der Waals surface area contributed by atoms with Crippen molar-refractivity contribution >= 4 is 5.78 Å². The summed E-state index contributed by atoms with van der Waals surface area (Å²) in [4.78, 5) is 21.4. The van der Waals surface area contributed by atoms with E-state index in [0.29, 0.717) is 11.4 Å². The number of ketones is 1. The van der Waals surface area contributed by atoms with E-state index in [4.69, 9.17) is 0 Å². The number of hydrogen-bond donors (Lipinski definition) is 0. The summed E-state index contributed by atoms with van der Waals surface area (Å²) in [5.74, 6) is -0.785. The second-order valence-corrected chi connectivity index (χ2v) is 6.03. The number of carbonyl (C=O) groups is 1. The summed E-state index contributed by atoms with van der Waals surface area (Å²) in [6.45, 7) is 3.76. The molecule has 7 heteroatoms. The Morgan fingerprint density at radius 1 is 0.926 bits per heavy atom. The Labute approximate surface area is 153 Å². The number of hydrogen-bond acceptors (Lipinski definition) is 4. The SMILES string of the molecule is Cc1ccnc(-c2cc(C)cc(C(=O)c3ccc(OC(F)(F)F)cc3)n2)c1. The second kappa shape index (κ2) is 7.19. The minimum absolute atomic E-state index is 0.192. The highest BCUT2D eigenvalue weighted by Crippen LogP contribution is 2.24. The van der Waals surface area contributed by atoms with E-state index >= 15 is 0 Å². The van der Waals surface area contributed by atoms with Gasteiger partial charge in [-0.1, -0.05) is 0 Å². The zero-order valence-electron chi connectivity index (χ0n) is 14.5. The van der Waals surface area contributed by atoms with Crippen LogP contribution in [0, 0.1) is 13.8 Å². The first kappa shape index (κ1) is 18.6. The van der Waals surface area contributed by atoms with Crippen molar-refractivity contribution in [2.75, 3.05) is 0 Å². The molecule has 0 saturated carbocycles. The van der Waals surface area contributed by atoms with Crippen molar-refractivity contribution in [2.45, 2.75) is 20.2 Å². The Morgan fingerprint density at radius 3 is 2.22 bits per heavy atom. The molecule has 27 heavy (non-hydrogen) atoms. The summed E-state index contributed by atoms with van der Waals surface area (Å²) in [5, 5.41) is 0. The number of pyridine rings is 2. The number of benzene rings is 1. The summed E-state index contributed by atoms with van der Waals surface area (Å²) in [6.07, 6.45) is -3.12. The van der Waals surface area contributed by atoms with Crippen LogP contribution in [0.25, 0.3) is 11.4 Å². The molecule has 138 valence electrons. The summed E-state index contributed by atoms with van der Waals surface area (Å²) < 4.78 is 40.5. The molecule has 4 nitrogen and oxygen atoms in total. The fourth-order valence-electron chi connectivity index (χ4n) is 2.55. The first-order chi connectivity index (χ1) is 12.7. The van der Waals surface area contributed by atoms with Gasteiger partial charge in [0.15, 0.2) is 0 Å². The fourth-order valence-corrected chi connectivity index (χ4v) is 2.55. The quantitative estimate of drug-likeness (QED) is 0.612. The molecule has 2 aromatic heterocycles. The molecule has 0 aliphatic heterocycles. The molecule has 0 aliphatic carbocycles. The highest BCUT2D eigenvalue weighted by Gasteiger charge is 2.31. The van der Waals surface area contributed by atoms with Crippen LogP contribution >= 0.6 is 0 Å². The minimum Gasteiger partial charge on any atom is -0.406 e. The Hall–Kier alpha value is -3.22. The van der Waals surface area contributed by atoms with Gasteiger partial charge >= 0.3 is 6.36 Å². The zero-order valence-corrected chi connectivity index (χ0v) is 14.5. The van der Waals surface area contributed by atoms with Gasteiger partial charge in [-0.25, -0.2) is 4.98 Å². The lowest BCUT2D eigenvalue weighted by molar-refractivity contribution is -0.274. The van der Waals surface area contributed by atoms with Crippen molar-refractivity contribution in [3.63, 3.8) is 0 Å². The predicted octanol–water partition coefficient (Wildman–Crippen LogP) is 4.89. The molecular formula is C20H15F3N2O2. The smallest absolute Gasteiger partial charge is 0.406 e. The highest BCUT2D eigenvalue weighted by atomic mass is 19.4.